The van der Waals surface area contributed by atoms with Crippen molar-refractivity contribution in [1.29, 1.82) is 0 Å². The summed E-state index contributed by atoms with van der Waals surface area (Å²) >= 11 is 0. The Bertz CT molecular complexity index is 1210. The molecule has 2 heterocycles. The first-order chi connectivity index (χ1) is 17.2. The number of carbonyl (C=O) groups excluding carboxylic acids is 2. The Hall–Kier alpha value is -3.72. The Morgan fingerprint density at radius 1 is 1.08 bits per heavy atom. The van der Waals surface area contributed by atoms with Crippen LogP contribution in [0, 0.1) is 5.41 Å². The van der Waals surface area contributed by atoms with E-state index in [0.29, 0.717) is 24.4 Å². The molecule has 0 unspecified atom stereocenters. The van der Waals surface area contributed by atoms with Gasteiger partial charge in [0.2, 0.25) is 5.91 Å². The van der Waals surface area contributed by atoms with Crippen LogP contribution in [0.15, 0.2) is 65.1 Å². The molecule has 1 saturated heterocycles. The van der Waals surface area contributed by atoms with E-state index in [1.54, 1.807) is 48.5 Å². The van der Waals surface area contributed by atoms with E-state index in [1.807, 2.05) is 0 Å². The van der Waals surface area contributed by atoms with Gasteiger partial charge in [0, 0.05) is 49.5 Å². The van der Waals surface area contributed by atoms with Crippen LogP contribution in [0.5, 0.6) is 5.95 Å². The van der Waals surface area contributed by atoms with Crippen LogP contribution in [-0.2, 0) is 22.0 Å². The van der Waals surface area contributed by atoms with Gasteiger partial charge in [-0.1, -0.05) is 30.3 Å². The molecule has 7 nitrogen and oxygen atoms in total. The SMILES string of the molecule is COc1ccc(C(=O)C[C@@]2(C(=O)NCc3ccc(Nc4ccccc4C(C)(F)F)cc3)CCOC2)o1. The van der Waals surface area contributed by atoms with Crippen molar-refractivity contribution >= 4 is 23.1 Å². The maximum absolute atomic E-state index is 13.9. The first kappa shape index (κ1) is 25.4. The quantitative estimate of drug-likeness (QED) is 0.362. The number of nitrogens with one attached hydrogen (secondary N) is 2. The molecular formula is C27H28F2N2O5. The van der Waals surface area contributed by atoms with Gasteiger partial charge in [-0.25, -0.2) is 8.78 Å². The van der Waals surface area contributed by atoms with E-state index >= 15 is 0 Å². The molecule has 1 amide bonds. The molecule has 1 fully saturated rings. The highest BCUT2D eigenvalue weighted by atomic mass is 19.3. The standard InChI is InChI=1S/C27H28F2N2O5/c1-26(28,29)20-5-3-4-6-21(20)31-19-9-7-18(8-10-19)16-30-25(33)27(13-14-35-17-27)15-22(32)23-11-12-24(34-2)36-23/h3-12,31H,13-17H2,1-2H3,(H,30,33)/t27-/m0/s1. The summed E-state index contributed by atoms with van der Waals surface area (Å²) in [5, 5.41) is 5.93. The van der Waals surface area contributed by atoms with Gasteiger partial charge < -0.3 is 24.5 Å². The maximum atomic E-state index is 13.9. The highest BCUT2D eigenvalue weighted by Crippen LogP contribution is 2.36. The average molecular weight is 499 g/mol. The van der Waals surface area contributed by atoms with Gasteiger partial charge in [-0.3, -0.25) is 9.59 Å². The number of hydrogen-bond donors (Lipinski definition) is 2. The summed E-state index contributed by atoms with van der Waals surface area (Å²) in [7, 11) is 1.44. The third-order valence-electron chi connectivity index (χ3n) is 6.23. The zero-order valence-corrected chi connectivity index (χ0v) is 20.1. The largest absolute Gasteiger partial charge is 0.468 e. The summed E-state index contributed by atoms with van der Waals surface area (Å²) < 4.78 is 43.6. The number of alkyl halides is 2. The molecule has 1 atom stereocenters. The lowest BCUT2D eigenvalue weighted by atomic mass is 9.80. The van der Waals surface area contributed by atoms with E-state index in [0.717, 1.165) is 12.5 Å². The van der Waals surface area contributed by atoms with Gasteiger partial charge in [0.1, 0.15) is 0 Å². The van der Waals surface area contributed by atoms with Crippen molar-refractivity contribution in [3.8, 4) is 5.95 Å². The van der Waals surface area contributed by atoms with Crippen LogP contribution < -0.4 is 15.4 Å². The molecule has 2 aromatic carbocycles. The lowest BCUT2D eigenvalue weighted by molar-refractivity contribution is -0.131. The molecule has 0 saturated carbocycles. The second kappa shape index (κ2) is 10.5. The van der Waals surface area contributed by atoms with Gasteiger partial charge in [-0.15, -0.1) is 0 Å². The summed E-state index contributed by atoms with van der Waals surface area (Å²) in [6.45, 7) is 1.64. The van der Waals surface area contributed by atoms with E-state index in [4.69, 9.17) is 13.9 Å². The van der Waals surface area contributed by atoms with Crippen LogP contribution in [0.25, 0.3) is 0 Å². The molecule has 190 valence electrons. The molecule has 1 aliphatic heterocycles. The van der Waals surface area contributed by atoms with E-state index < -0.39 is 11.3 Å². The maximum Gasteiger partial charge on any atom is 0.284 e. The number of anilines is 2. The fourth-order valence-electron chi connectivity index (χ4n) is 4.19. The highest BCUT2D eigenvalue weighted by molar-refractivity contribution is 5.98. The van der Waals surface area contributed by atoms with Gasteiger partial charge in [0.25, 0.3) is 11.9 Å². The Kier molecular flexibility index (Phi) is 7.40. The van der Waals surface area contributed by atoms with Crippen molar-refractivity contribution in [2.24, 2.45) is 5.41 Å². The number of hydrogen-bond acceptors (Lipinski definition) is 6. The molecule has 9 heteroatoms. The smallest absolute Gasteiger partial charge is 0.284 e. The number of amides is 1. The van der Waals surface area contributed by atoms with Crippen molar-refractivity contribution in [3.63, 3.8) is 0 Å². The summed E-state index contributed by atoms with van der Waals surface area (Å²) in [5.74, 6) is -3.18. The molecular weight excluding hydrogens is 470 g/mol. The number of methoxy groups -OCH3 is 1. The third kappa shape index (κ3) is 5.73. The molecule has 0 aliphatic carbocycles. The molecule has 36 heavy (non-hydrogen) atoms. The number of para-hydroxylation sites is 1. The Labute approximate surface area is 207 Å². The van der Waals surface area contributed by atoms with Crippen LogP contribution in [-0.4, -0.2) is 32.0 Å². The van der Waals surface area contributed by atoms with E-state index in [1.165, 1.54) is 19.2 Å². The van der Waals surface area contributed by atoms with Gasteiger partial charge in [-0.05, 0) is 36.2 Å². The van der Waals surface area contributed by atoms with Crippen molar-refractivity contribution in [2.75, 3.05) is 25.6 Å². The Balaban J connectivity index is 1.38. The lowest BCUT2D eigenvalue weighted by Gasteiger charge is -2.25. The number of ketones is 1. The van der Waals surface area contributed by atoms with Crippen LogP contribution >= 0.6 is 0 Å². The second-order valence-electron chi connectivity index (χ2n) is 8.94. The van der Waals surface area contributed by atoms with Gasteiger partial charge >= 0.3 is 0 Å². The number of benzene rings is 2. The molecule has 1 aliphatic rings. The molecule has 0 bridgehead atoms. The number of furan rings is 1. The Morgan fingerprint density at radius 2 is 1.83 bits per heavy atom. The summed E-state index contributed by atoms with van der Waals surface area (Å²) in [5.41, 5.74) is 0.718. The summed E-state index contributed by atoms with van der Waals surface area (Å²) in [4.78, 5) is 25.9. The number of ether oxygens (including phenoxy) is 2. The Morgan fingerprint density at radius 3 is 2.47 bits per heavy atom. The van der Waals surface area contributed by atoms with E-state index in [9.17, 15) is 18.4 Å². The molecule has 0 radical (unpaired) electrons. The van der Waals surface area contributed by atoms with Crippen molar-refractivity contribution < 1.29 is 32.3 Å². The second-order valence-corrected chi connectivity index (χ2v) is 8.94. The minimum atomic E-state index is -2.97. The van der Waals surface area contributed by atoms with Crippen molar-refractivity contribution in [2.45, 2.75) is 32.2 Å². The number of rotatable bonds is 10. The minimum absolute atomic E-state index is 0.0418. The van der Waals surface area contributed by atoms with Crippen molar-refractivity contribution in [1.82, 2.24) is 5.32 Å². The zero-order valence-electron chi connectivity index (χ0n) is 20.1. The summed E-state index contributed by atoms with van der Waals surface area (Å²) in [6, 6.07) is 16.5. The topological polar surface area (TPSA) is 89.8 Å². The van der Waals surface area contributed by atoms with Gasteiger partial charge in [-0.2, -0.15) is 0 Å². The first-order valence-electron chi connectivity index (χ1n) is 11.6. The third-order valence-corrected chi connectivity index (χ3v) is 6.23. The lowest BCUT2D eigenvalue weighted by Crippen LogP contribution is -2.42. The van der Waals surface area contributed by atoms with Crippen LogP contribution in [0.2, 0.25) is 0 Å². The van der Waals surface area contributed by atoms with Gasteiger partial charge in [0.15, 0.2) is 11.5 Å². The monoisotopic (exact) mass is 498 g/mol. The molecule has 4 rings (SSSR count). The first-order valence-corrected chi connectivity index (χ1v) is 11.6. The summed E-state index contributed by atoms with van der Waals surface area (Å²) in [6.07, 6.45) is 0.382. The van der Waals surface area contributed by atoms with Crippen LogP contribution in [0.4, 0.5) is 20.2 Å². The zero-order chi connectivity index (χ0) is 25.8. The average Bonchev–Trinajstić information content (AvgIpc) is 3.54. The number of halogens is 2. The molecule has 0 spiro atoms. The molecule has 1 aromatic heterocycles. The highest BCUT2D eigenvalue weighted by Gasteiger charge is 2.44. The van der Waals surface area contributed by atoms with E-state index in [-0.39, 0.29) is 48.5 Å². The normalized spacial score (nSPS) is 17.6. The molecule has 2 N–H and O–H groups in total. The number of carbonyl (C=O) groups is 2. The van der Waals surface area contributed by atoms with Crippen molar-refractivity contribution in [3.05, 3.63) is 77.6 Å². The fraction of sp³-hybridized carbons (Fsp3) is 0.333. The van der Waals surface area contributed by atoms with Crippen LogP contribution in [0.1, 0.15) is 41.4 Å². The van der Waals surface area contributed by atoms with E-state index in [2.05, 4.69) is 10.6 Å². The predicted molar refractivity (Wildman–Crippen MR) is 130 cm³/mol. The van der Waals surface area contributed by atoms with Crippen LogP contribution in [0.3, 0.4) is 0 Å². The number of Topliss-reactive ketones (excluding diaryl/α,β-unsaturated/α-hetero) is 1. The van der Waals surface area contributed by atoms with Gasteiger partial charge in [0.05, 0.1) is 19.1 Å². The predicted octanol–water partition coefficient (Wildman–Crippen LogP) is 5.44. The fourth-order valence-corrected chi connectivity index (χ4v) is 4.19. The molecule has 3 aromatic rings. The minimum Gasteiger partial charge on any atom is -0.468 e.